The topological polar surface area (TPSA) is 97.5 Å². The summed E-state index contributed by atoms with van der Waals surface area (Å²) in [6.45, 7) is 2.40. The molecule has 0 saturated carbocycles. The van der Waals surface area contributed by atoms with E-state index in [0.717, 1.165) is 42.4 Å². The van der Waals surface area contributed by atoms with Crippen LogP contribution in [-0.2, 0) is 16.1 Å². The molecule has 0 bridgehead atoms. The van der Waals surface area contributed by atoms with Crippen LogP contribution in [0.15, 0.2) is 24.4 Å². The number of carbonyl (C=O) groups is 1. The predicted octanol–water partition coefficient (Wildman–Crippen LogP) is 1.55. The monoisotopic (exact) mass is 387 g/mol. The van der Waals surface area contributed by atoms with Crippen molar-refractivity contribution in [1.29, 1.82) is 0 Å². The Labute approximate surface area is 160 Å². The number of amides is 1. The van der Waals surface area contributed by atoms with Gasteiger partial charge < -0.3 is 4.74 Å². The summed E-state index contributed by atoms with van der Waals surface area (Å²) >= 11 is 1.33. The van der Waals surface area contributed by atoms with E-state index in [9.17, 15) is 4.79 Å². The average molecular weight is 387 g/mol. The van der Waals surface area contributed by atoms with Crippen molar-refractivity contribution >= 4 is 28.0 Å². The van der Waals surface area contributed by atoms with Crippen molar-refractivity contribution < 1.29 is 9.53 Å². The normalized spacial score (nSPS) is 18.0. The molecule has 10 heteroatoms. The van der Waals surface area contributed by atoms with Gasteiger partial charge in [0.2, 0.25) is 11.0 Å². The van der Waals surface area contributed by atoms with E-state index in [2.05, 4.69) is 30.6 Å². The molecule has 3 aromatic heterocycles. The van der Waals surface area contributed by atoms with Crippen LogP contribution in [0.1, 0.15) is 29.6 Å². The van der Waals surface area contributed by atoms with E-state index in [-0.39, 0.29) is 11.8 Å². The molecule has 3 aromatic rings. The molecular formula is C17H21N7O2S. The van der Waals surface area contributed by atoms with Crippen LogP contribution >= 0.6 is 11.3 Å². The van der Waals surface area contributed by atoms with Crippen LogP contribution < -0.4 is 5.32 Å². The number of rotatable bonds is 6. The first-order valence-corrected chi connectivity index (χ1v) is 9.68. The SMILES string of the molecule is COCc1nnc(NC(=O)CN2CCC[C@@H](c3nnc4ccccn34)C2)s1. The molecule has 0 aromatic carbocycles. The molecule has 4 rings (SSSR count). The van der Waals surface area contributed by atoms with E-state index < -0.39 is 0 Å². The molecule has 1 amide bonds. The fraction of sp³-hybridized carbons (Fsp3) is 0.471. The Bertz CT molecular complexity index is 925. The molecule has 9 nitrogen and oxygen atoms in total. The first-order valence-electron chi connectivity index (χ1n) is 8.86. The Kier molecular flexibility index (Phi) is 5.37. The van der Waals surface area contributed by atoms with Gasteiger partial charge in [0, 0.05) is 25.8 Å². The summed E-state index contributed by atoms with van der Waals surface area (Å²) < 4.78 is 7.05. The number of nitrogens with one attached hydrogen (secondary N) is 1. The van der Waals surface area contributed by atoms with Gasteiger partial charge in [-0.15, -0.1) is 20.4 Å². The maximum absolute atomic E-state index is 12.4. The standard InChI is InChI=1S/C17H21N7O2S/c1-26-11-15-20-22-17(27-15)18-14(25)10-23-7-4-5-12(9-23)16-21-19-13-6-2-3-8-24(13)16/h2-3,6,8,12H,4-5,7,9-11H2,1H3,(H,18,22,25)/t12-/m1/s1. The van der Waals surface area contributed by atoms with E-state index in [1.54, 1.807) is 7.11 Å². The minimum Gasteiger partial charge on any atom is -0.377 e. The number of pyridine rings is 1. The second-order valence-electron chi connectivity index (χ2n) is 6.54. The molecule has 4 heterocycles. The molecule has 1 atom stereocenters. The van der Waals surface area contributed by atoms with Gasteiger partial charge in [-0.05, 0) is 31.5 Å². The van der Waals surface area contributed by atoms with E-state index in [4.69, 9.17) is 4.74 Å². The van der Waals surface area contributed by atoms with Gasteiger partial charge in [0.1, 0.15) is 17.4 Å². The largest absolute Gasteiger partial charge is 0.377 e. The highest BCUT2D eigenvalue weighted by molar-refractivity contribution is 7.15. The number of nitrogens with zero attached hydrogens (tertiary/aromatic N) is 6. The lowest BCUT2D eigenvalue weighted by Gasteiger charge is -2.31. The molecule has 1 aliphatic rings. The summed E-state index contributed by atoms with van der Waals surface area (Å²) in [6, 6.07) is 5.88. The summed E-state index contributed by atoms with van der Waals surface area (Å²) in [4.78, 5) is 14.5. The van der Waals surface area contributed by atoms with E-state index in [0.29, 0.717) is 18.3 Å². The molecule has 1 fully saturated rings. The molecule has 27 heavy (non-hydrogen) atoms. The Balaban J connectivity index is 1.37. The van der Waals surface area contributed by atoms with Crippen molar-refractivity contribution in [3.8, 4) is 0 Å². The molecule has 0 unspecified atom stereocenters. The lowest BCUT2D eigenvalue weighted by Crippen LogP contribution is -2.40. The zero-order chi connectivity index (χ0) is 18.6. The quantitative estimate of drug-likeness (QED) is 0.685. The highest BCUT2D eigenvalue weighted by Crippen LogP contribution is 2.26. The van der Waals surface area contributed by atoms with Crippen molar-refractivity contribution in [3.05, 3.63) is 35.2 Å². The molecule has 0 radical (unpaired) electrons. The van der Waals surface area contributed by atoms with Crippen molar-refractivity contribution in [2.45, 2.75) is 25.4 Å². The average Bonchev–Trinajstić information content (AvgIpc) is 3.29. The second kappa shape index (κ2) is 8.07. The van der Waals surface area contributed by atoms with Gasteiger partial charge in [-0.25, -0.2) is 0 Å². The number of anilines is 1. The first kappa shape index (κ1) is 18.0. The van der Waals surface area contributed by atoms with E-state index in [1.165, 1.54) is 11.3 Å². The number of piperidine rings is 1. The maximum atomic E-state index is 12.4. The van der Waals surface area contributed by atoms with Gasteiger partial charge >= 0.3 is 0 Å². The zero-order valence-electron chi connectivity index (χ0n) is 15.0. The van der Waals surface area contributed by atoms with E-state index >= 15 is 0 Å². The number of hydrogen-bond donors (Lipinski definition) is 1. The maximum Gasteiger partial charge on any atom is 0.240 e. The molecule has 1 N–H and O–H groups in total. The van der Waals surface area contributed by atoms with Gasteiger partial charge in [0.25, 0.3) is 0 Å². The van der Waals surface area contributed by atoms with Gasteiger partial charge in [-0.3, -0.25) is 19.4 Å². The highest BCUT2D eigenvalue weighted by Gasteiger charge is 2.26. The number of fused-ring (bicyclic) bond motifs is 1. The van der Waals surface area contributed by atoms with Crippen LogP contribution in [0.5, 0.6) is 0 Å². The number of hydrogen-bond acceptors (Lipinski definition) is 8. The van der Waals surface area contributed by atoms with E-state index in [1.807, 2.05) is 28.8 Å². The van der Waals surface area contributed by atoms with Crippen molar-refractivity contribution in [1.82, 2.24) is 29.7 Å². The Morgan fingerprint density at radius 3 is 3.15 bits per heavy atom. The van der Waals surface area contributed by atoms with Crippen LogP contribution in [-0.4, -0.2) is 62.3 Å². The van der Waals surface area contributed by atoms with Gasteiger partial charge in [-0.1, -0.05) is 17.4 Å². The highest BCUT2D eigenvalue weighted by atomic mass is 32.1. The minimum atomic E-state index is -0.0816. The number of carbonyl (C=O) groups excluding carboxylic acids is 1. The third kappa shape index (κ3) is 4.12. The molecule has 142 valence electrons. The second-order valence-corrected chi connectivity index (χ2v) is 7.61. The van der Waals surface area contributed by atoms with Crippen LogP contribution in [0.2, 0.25) is 0 Å². The third-order valence-corrected chi connectivity index (χ3v) is 5.37. The predicted molar refractivity (Wildman–Crippen MR) is 101 cm³/mol. The fourth-order valence-corrected chi connectivity index (χ4v) is 4.12. The van der Waals surface area contributed by atoms with Gasteiger partial charge in [0.15, 0.2) is 5.65 Å². The summed E-state index contributed by atoms with van der Waals surface area (Å²) in [5.41, 5.74) is 0.852. The van der Waals surface area contributed by atoms with Crippen LogP contribution in [0.3, 0.4) is 0 Å². The fourth-order valence-electron chi connectivity index (χ4n) is 3.40. The van der Waals surface area contributed by atoms with Crippen LogP contribution in [0.25, 0.3) is 5.65 Å². The summed E-state index contributed by atoms with van der Waals surface area (Å²) in [6.07, 6.45) is 4.06. The third-order valence-electron chi connectivity index (χ3n) is 4.56. The van der Waals surface area contributed by atoms with Crippen LogP contribution in [0.4, 0.5) is 5.13 Å². The van der Waals surface area contributed by atoms with Gasteiger partial charge in [0.05, 0.1) is 6.54 Å². The molecule has 1 saturated heterocycles. The molecular weight excluding hydrogens is 366 g/mol. The number of aromatic nitrogens is 5. The summed E-state index contributed by atoms with van der Waals surface area (Å²) in [5, 5.41) is 20.6. The van der Waals surface area contributed by atoms with Gasteiger partial charge in [-0.2, -0.15) is 0 Å². The lowest BCUT2D eigenvalue weighted by molar-refractivity contribution is -0.117. The van der Waals surface area contributed by atoms with Crippen molar-refractivity contribution in [2.24, 2.45) is 0 Å². The lowest BCUT2D eigenvalue weighted by atomic mass is 9.97. The number of methoxy groups -OCH3 is 1. The van der Waals surface area contributed by atoms with Crippen LogP contribution in [0, 0.1) is 0 Å². The minimum absolute atomic E-state index is 0.0816. The first-order chi connectivity index (χ1) is 13.2. The summed E-state index contributed by atoms with van der Waals surface area (Å²) in [5.74, 6) is 1.14. The molecule has 0 aliphatic carbocycles. The Morgan fingerprint density at radius 1 is 1.33 bits per heavy atom. The smallest absolute Gasteiger partial charge is 0.240 e. The zero-order valence-corrected chi connectivity index (χ0v) is 15.9. The Hall–Kier alpha value is -2.43. The Morgan fingerprint density at radius 2 is 2.26 bits per heavy atom. The van der Waals surface area contributed by atoms with Crippen molar-refractivity contribution in [2.75, 3.05) is 32.1 Å². The molecule has 1 aliphatic heterocycles. The number of ether oxygens (including phenoxy) is 1. The molecule has 0 spiro atoms. The van der Waals surface area contributed by atoms with Crippen molar-refractivity contribution in [3.63, 3.8) is 0 Å². The number of likely N-dealkylation sites (tertiary alicyclic amines) is 1. The summed E-state index contributed by atoms with van der Waals surface area (Å²) in [7, 11) is 1.60.